The topological polar surface area (TPSA) is 50.5 Å². The molecule has 0 amide bonds. The lowest BCUT2D eigenvalue weighted by Gasteiger charge is -2.38. The summed E-state index contributed by atoms with van der Waals surface area (Å²) < 4.78 is 6.02. The molecule has 3 rings (SSSR count). The number of likely N-dealkylation sites (N-methyl/N-ethyl adjacent to an activating group) is 1. The van der Waals surface area contributed by atoms with E-state index in [2.05, 4.69) is 41.5 Å². The summed E-state index contributed by atoms with van der Waals surface area (Å²) in [7, 11) is 0. The highest BCUT2D eigenvalue weighted by Crippen LogP contribution is 2.40. The standard InChI is InChI=1S/C17H27N3O/c1-2-20-10-11-21-16(12-20)17(19-18)15-9-4-3-8-14(15)13-6-5-7-13/h3-4,8-9,13,16-17,19H,2,5-7,10-12,18H2,1H3. The minimum atomic E-state index is 0.0798. The summed E-state index contributed by atoms with van der Waals surface area (Å²) in [5.74, 6) is 6.61. The number of ether oxygens (including phenoxy) is 1. The van der Waals surface area contributed by atoms with E-state index < -0.39 is 0 Å². The molecule has 4 heteroatoms. The van der Waals surface area contributed by atoms with Crippen molar-refractivity contribution in [3.05, 3.63) is 35.4 Å². The van der Waals surface area contributed by atoms with Gasteiger partial charge in [0, 0.05) is 13.1 Å². The van der Waals surface area contributed by atoms with Crippen molar-refractivity contribution in [3.63, 3.8) is 0 Å². The minimum absolute atomic E-state index is 0.0798. The van der Waals surface area contributed by atoms with Crippen LogP contribution in [0.25, 0.3) is 0 Å². The molecule has 2 aliphatic rings. The Morgan fingerprint density at radius 2 is 2.19 bits per heavy atom. The Kier molecular flexibility index (Phi) is 4.91. The predicted molar refractivity (Wildman–Crippen MR) is 85.0 cm³/mol. The van der Waals surface area contributed by atoms with Gasteiger partial charge in [-0.1, -0.05) is 37.6 Å². The third-order valence-corrected chi connectivity index (χ3v) is 5.05. The zero-order chi connectivity index (χ0) is 14.7. The van der Waals surface area contributed by atoms with Gasteiger partial charge in [0.1, 0.15) is 0 Å². The van der Waals surface area contributed by atoms with Crippen molar-refractivity contribution in [3.8, 4) is 0 Å². The minimum Gasteiger partial charge on any atom is -0.374 e. The van der Waals surface area contributed by atoms with Crippen LogP contribution in [0, 0.1) is 0 Å². The van der Waals surface area contributed by atoms with E-state index in [-0.39, 0.29) is 12.1 Å². The fraction of sp³-hybridized carbons (Fsp3) is 0.647. The molecule has 1 saturated carbocycles. The molecule has 1 aliphatic heterocycles. The van der Waals surface area contributed by atoms with E-state index in [1.54, 1.807) is 0 Å². The molecule has 2 fully saturated rings. The van der Waals surface area contributed by atoms with Gasteiger partial charge in [-0.15, -0.1) is 0 Å². The number of hydrazine groups is 1. The van der Waals surface area contributed by atoms with Crippen LogP contribution in [-0.4, -0.2) is 37.2 Å². The molecule has 2 unspecified atom stereocenters. The van der Waals surface area contributed by atoms with Gasteiger partial charge in [-0.25, -0.2) is 0 Å². The first kappa shape index (κ1) is 15.0. The zero-order valence-electron chi connectivity index (χ0n) is 12.9. The summed E-state index contributed by atoms with van der Waals surface area (Å²) in [6.45, 7) is 6.04. The molecule has 0 spiro atoms. The molecule has 2 atom stereocenters. The molecule has 1 saturated heterocycles. The van der Waals surface area contributed by atoms with Crippen LogP contribution >= 0.6 is 0 Å². The summed E-state index contributed by atoms with van der Waals surface area (Å²) in [4.78, 5) is 2.43. The SMILES string of the molecule is CCN1CCOC(C(NN)c2ccccc2C2CCC2)C1. The van der Waals surface area contributed by atoms with Crippen molar-refractivity contribution in [1.82, 2.24) is 10.3 Å². The van der Waals surface area contributed by atoms with Crippen LogP contribution in [0.3, 0.4) is 0 Å². The predicted octanol–water partition coefficient (Wildman–Crippen LogP) is 2.18. The third kappa shape index (κ3) is 3.14. The van der Waals surface area contributed by atoms with Crippen molar-refractivity contribution < 1.29 is 4.74 Å². The van der Waals surface area contributed by atoms with Crippen molar-refractivity contribution in [2.45, 2.75) is 44.2 Å². The summed E-state index contributed by atoms with van der Waals surface area (Å²) >= 11 is 0. The first-order valence-electron chi connectivity index (χ1n) is 8.22. The number of rotatable bonds is 5. The molecular formula is C17H27N3O. The lowest BCUT2D eigenvalue weighted by molar-refractivity contribution is -0.0458. The summed E-state index contributed by atoms with van der Waals surface area (Å²) in [6.07, 6.45) is 4.09. The van der Waals surface area contributed by atoms with Crippen molar-refractivity contribution >= 4 is 0 Å². The van der Waals surface area contributed by atoms with E-state index >= 15 is 0 Å². The van der Waals surface area contributed by atoms with Gasteiger partial charge < -0.3 is 4.74 Å². The molecule has 1 aromatic carbocycles. The number of hydrogen-bond donors (Lipinski definition) is 2. The highest BCUT2D eigenvalue weighted by Gasteiger charge is 2.31. The van der Waals surface area contributed by atoms with Crippen LogP contribution in [0.4, 0.5) is 0 Å². The normalized spacial score (nSPS) is 25.5. The van der Waals surface area contributed by atoms with Gasteiger partial charge >= 0.3 is 0 Å². The Morgan fingerprint density at radius 1 is 1.38 bits per heavy atom. The number of morpholine rings is 1. The fourth-order valence-electron chi connectivity index (χ4n) is 3.50. The fourth-order valence-corrected chi connectivity index (χ4v) is 3.50. The van der Waals surface area contributed by atoms with Crippen molar-refractivity contribution in [2.24, 2.45) is 5.84 Å². The number of nitrogens with two attached hydrogens (primary N) is 1. The second kappa shape index (κ2) is 6.88. The monoisotopic (exact) mass is 289 g/mol. The Labute approximate surface area is 127 Å². The van der Waals surface area contributed by atoms with E-state index in [0.717, 1.165) is 26.2 Å². The van der Waals surface area contributed by atoms with Crippen LogP contribution in [0.2, 0.25) is 0 Å². The van der Waals surface area contributed by atoms with E-state index in [9.17, 15) is 0 Å². The van der Waals surface area contributed by atoms with Gasteiger partial charge in [0.15, 0.2) is 0 Å². The Balaban J connectivity index is 1.82. The molecule has 0 radical (unpaired) electrons. The molecule has 1 aliphatic carbocycles. The second-order valence-corrected chi connectivity index (χ2v) is 6.20. The van der Waals surface area contributed by atoms with Gasteiger partial charge in [0.2, 0.25) is 0 Å². The molecule has 116 valence electrons. The largest absolute Gasteiger partial charge is 0.374 e. The quantitative estimate of drug-likeness (QED) is 0.644. The van der Waals surface area contributed by atoms with Gasteiger partial charge in [-0.2, -0.15) is 0 Å². The number of hydrogen-bond acceptors (Lipinski definition) is 4. The lowest BCUT2D eigenvalue weighted by Crippen LogP contribution is -2.49. The summed E-state index contributed by atoms with van der Waals surface area (Å²) in [6, 6.07) is 8.82. The molecule has 0 bridgehead atoms. The van der Waals surface area contributed by atoms with Crippen LogP contribution in [0.15, 0.2) is 24.3 Å². The Morgan fingerprint density at radius 3 is 2.86 bits per heavy atom. The lowest BCUT2D eigenvalue weighted by atomic mass is 9.76. The maximum absolute atomic E-state index is 6.02. The zero-order valence-corrected chi connectivity index (χ0v) is 12.9. The van der Waals surface area contributed by atoms with Crippen LogP contribution in [0.5, 0.6) is 0 Å². The smallest absolute Gasteiger partial charge is 0.0909 e. The number of nitrogens with zero attached hydrogens (tertiary/aromatic N) is 1. The molecular weight excluding hydrogens is 262 g/mol. The van der Waals surface area contributed by atoms with E-state index in [1.807, 2.05) is 0 Å². The first-order chi connectivity index (χ1) is 10.3. The highest BCUT2D eigenvalue weighted by atomic mass is 16.5. The molecule has 21 heavy (non-hydrogen) atoms. The van der Waals surface area contributed by atoms with Crippen molar-refractivity contribution in [1.29, 1.82) is 0 Å². The van der Waals surface area contributed by atoms with Crippen LogP contribution in [-0.2, 0) is 4.74 Å². The van der Waals surface area contributed by atoms with E-state index in [4.69, 9.17) is 10.6 Å². The number of nitrogens with one attached hydrogen (secondary N) is 1. The highest BCUT2D eigenvalue weighted by molar-refractivity contribution is 5.35. The van der Waals surface area contributed by atoms with E-state index in [0.29, 0.717) is 5.92 Å². The summed E-state index contributed by atoms with van der Waals surface area (Å²) in [5, 5.41) is 0. The second-order valence-electron chi connectivity index (χ2n) is 6.20. The van der Waals surface area contributed by atoms with Crippen LogP contribution in [0.1, 0.15) is 49.3 Å². The molecule has 3 N–H and O–H groups in total. The summed E-state index contributed by atoms with van der Waals surface area (Å²) in [5.41, 5.74) is 5.81. The maximum atomic E-state index is 6.02. The molecule has 1 aromatic rings. The van der Waals surface area contributed by atoms with Crippen LogP contribution < -0.4 is 11.3 Å². The third-order valence-electron chi connectivity index (χ3n) is 5.05. The van der Waals surface area contributed by atoms with Gasteiger partial charge in [-0.3, -0.25) is 16.2 Å². The average molecular weight is 289 g/mol. The Bertz CT molecular complexity index is 461. The first-order valence-corrected chi connectivity index (χ1v) is 8.22. The average Bonchev–Trinajstić information content (AvgIpc) is 2.48. The molecule has 0 aromatic heterocycles. The molecule has 4 nitrogen and oxygen atoms in total. The van der Waals surface area contributed by atoms with Gasteiger partial charge in [0.25, 0.3) is 0 Å². The van der Waals surface area contributed by atoms with Gasteiger partial charge in [0.05, 0.1) is 18.8 Å². The van der Waals surface area contributed by atoms with E-state index in [1.165, 1.54) is 30.4 Å². The number of benzene rings is 1. The molecule has 1 heterocycles. The maximum Gasteiger partial charge on any atom is 0.0909 e. The van der Waals surface area contributed by atoms with Gasteiger partial charge in [-0.05, 0) is 36.4 Å². The Hall–Kier alpha value is -0.940. The van der Waals surface area contributed by atoms with Crippen molar-refractivity contribution in [2.75, 3.05) is 26.2 Å².